The number of aromatic nitrogens is 1. The zero-order valence-electron chi connectivity index (χ0n) is 21.9. The van der Waals surface area contributed by atoms with Crippen molar-refractivity contribution in [3.05, 3.63) is 69.5 Å². The van der Waals surface area contributed by atoms with Crippen LogP contribution in [-0.2, 0) is 13.1 Å². The molecular formula is C29H36N4O5. The Hall–Kier alpha value is -3.40. The van der Waals surface area contributed by atoms with Crippen LogP contribution in [0.3, 0.4) is 0 Å². The average molecular weight is 521 g/mol. The van der Waals surface area contributed by atoms with Crippen molar-refractivity contribution in [1.82, 2.24) is 20.1 Å². The fraction of sp³-hybridized carbons (Fsp3) is 0.448. The smallest absolute Gasteiger partial charge is 0.252 e. The van der Waals surface area contributed by atoms with Crippen LogP contribution < -0.4 is 25.7 Å². The van der Waals surface area contributed by atoms with Crippen LogP contribution in [0.5, 0.6) is 11.5 Å². The maximum Gasteiger partial charge on any atom is 0.252 e. The number of benzene rings is 2. The fourth-order valence-corrected chi connectivity index (χ4v) is 5.24. The number of aliphatic hydroxyl groups is 1. The van der Waals surface area contributed by atoms with Crippen LogP contribution in [0.15, 0.2) is 47.3 Å². The highest BCUT2D eigenvalue weighted by molar-refractivity contribution is 6.06. The topological polar surface area (TPSA) is 105 Å². The SMILES string of the molecule is Cc1ccc2c(C(=O)NCCO)cc(=O)n(CCN3CCC(NCc4ccc5c(c4)OCCO5)CC3)c2c1. The Labute approximate surface area is 222 Å². The first-order valence-electron chi connectivity index (χ1n) is 13.4. The van der Waals surface area contributed by atoms with Gasteiger partial charge in [-0.25, -0.2) is 0 Å². The van der Waals surface area contributed by atoms with Gasteiger partial charge in [-0.15, -0.1) is 0 Å². The van der Waals surface area contributed by atoms with Gasteiger partial charge in [-0.2, -0.15) is 0 Å². The summed E-state index contributed by atoms with van der Waals surface area (Å²) in [5.41, 5.74) is 3.14. The van der Waals surface area contributed by atoms with E-state index in [4.69, 9.17) is 14.6 Å². The Balaban J connectivity index is 1.18. The number of carbonyl (C=O) groups excluding carboxylic acids is 1. The molecule has 202 valence electrons. The summed E-state index contributed by atoms with van der Waals surface area (Å²) in [5.74, 6) is 1.29. The van der Waals surface area contributed by atoms with Crippen molar-refractivity contribution in [2.24, 2.45) is 0 Å². The molecule has 0 unspecified atom stereocenters. The Bertz CT molecular complexity index is 1350. The first-order chi connectivity index (χ1) is 18.5. The van der Waals surface area contributed by atoms with Crippen molar-refractivity contribution in [3.63, 3.8) is 0 Å². The first kappa shape index (κ1) is 26.2. The third-order valence-electron chi connectivity index (χ3n) is 7.34. The molecule has 9 heteroatoms. The molecule has 0 bridgehead atoms. The van der Waals surface area contributed by atoms with Crippen LogP contribution in [0.4, 0.5) is 0 Å². The number of nitrogens with one attached hydrogen (secondary N) is 2. The van der Waals surface area contributed by atoms with E-state index < -0.39 is 0 Å². The molecule has 2 aromatic carbocycles. The molecule has 3 heterocycles. The van der Waals surface area contributed by atoms with Gasteiger partial charge in [0.15, 0.2) is 11.5 Å². The molecule has 1 aromatic heterocycles. The lowest BCUT2D eigenvalue weighted by molar-refractivity contribution is 0.0946. The maximum atomic E-state index is 13.1. The summed E-state index contributed by atoms with van der Waals surface area (Å²) in [4.78, 5) is 28.1. The summed E-state index contributed by atoms with van der Waals surface area (Å²) < 4.78 is 13.1. The van der Waals surface area contributed by atoms with Crippen LogP contribution in [0.25, 0.3) is 10.9 Å². The van der Waals surface area contributed by atoms with Gasteiger partial charge in [0.25, 0.3) is 11.5 Å². The monoisotopic (exact) mass is 520 g/mol. The number of nitrogens with zero attached hydrogens (tertiary/aromatic N) is 2. The van der Waals surface area contributed by atoms with Crippen molar-refractivity contribution < 1.29 is 19.4 Å². The highest BCUT2D eigenvalue weighted by atomic mass is 16.6. The number of aliphatic hydroxyl groups excluding tert-OH is 1. The fourth-order valence-electron chi connectivity index (χ4n) is 5.24. The summed E-state index contributed by atoms with van der Waals surface area (Å²) in [7, 11) is 0. The van der Waals surface area contributed by atoms with Gasteiger partial charge in [0.1, 0.15) is 13.2 Å². The lowest BCUT2D eigenvalue weighted by atomic mass is 10.0. The van der Waals surface area contributed by atoms with Crippen molar-refractivity contribution in [2.75, 3.05) is 46.0 Å². The van der Waals surface area contributed by atoms with Crippen LogP contribution >= 0.6 is 0 Å². The van der Waals surface area contributed by atoms with E-state index in [1.807, 2.05) is 31.2 Å². The second-order valence-electron chi connectivity index (χ2n) is 10.0. The molecule has 5 rings (SSSR count). The number of fused-ring (bicyclic) bond motifs is 2. The summed E-state index contributed by atoms with van der Waals surface area (Å²) in [5, 5.41) is 16.1. The Morgan fingerprint density at radius 1 is 1.03 bits per heavy atom. The van der Waals surface area contributed by atoms with E-state index in [2.05, 4.69) is 27.7 Å². The quantitative estimate of drug-likeness (QED) is 0.397. The molecule has 38 heavy (non-hydrogen) atoms. The van der Waals surface area contributed by atoms with Gasteiger partial charge in [0, 0.05) is 43.7 Å². The van der Waals surface area contributed by atoms with Crippen molar-refractivity contribution in [1.29, 1.82) is 0 Å². The minimum Gasteiger partial charge on any atom is -0.486 e. The molecule has 3 N–H and O–H groups in total. The van der Waals surface area contributed by atoms with Gasteiger partial charge in [-0.05, 0) is 62.2 Å². The number of likely N-dealkylation sites (tertiary alicyclic amines) is 1. The number of piperidine rings is 1. The van der Waals surface area contributed by atoms with Crippen LogP contribution in [-0.4, -0.2) is 72.5 Å². The molecule has 0 aliphatic carbocycles. The van der Waals surface area contributed by atoms with Gasteiger partial charge in [0.05, 0.1) is 17.7 Å². The number of hydrogen-bond acceptors (Lipinski definition) is 7. The third-order valence-corrected chi connectivity index (χ3v) is 7.34. The second-order valence-corrected chi connectivity index (χ2v) is 10.0. The Morgan fingerprint density at radius 2 is 1.82 bits per heavy atom. The molecule has 2 aliphatic heterocycles. The van der Waals surface area contributed by atoms with Crippen LogP contribution in [0.2, 0.25) is 0 Å². The number of rotatable bonds is 9. The highest BCUT2D eigenvalue weighted by Gasteiger charge is 2.20. The molecule has 0 spiro atoms. The minimum atomic E-state index is -0.344. The molecule has 1 saturated heterocycles. The Morgan fingerprint density at radius 3 is 2.61 bits per heavy atom. The van der Waals surface area contributed by atoms with Gasteiger partial charge in [0.2, 0.25) is 0 Å². The summed E-state index contributed by atoms with van der Waals surface area (Å²) >= 11 is 0. The lowest BCUT2D eigenvalue weighted by Gasteiger charge is -2.32. The summed E-state index contributed by atoms with van der Waals surface area (Å²) in [6.45, 7) is 7.23. The molecule has 1 fully saturated rings. The predicted molar refractivity (Wildman–Crippen MR) is 146 cm³/mol. The largest absolute Gasteiger partial charge is 0.486 e. The minimum absolute atomic E-state index is 0.148. The number of aryl methyl sites for hydroxylation is 1. The highest BCUT2D eigenvalue weighted by Crippen LogP contribution is 2.30. The standard InChI is InChI=1S/C29H36N4O5/c1-20-2-4-23-24(29(36)30-8-13-34)18-28(35)33(25(23)16-20)12-11-32-9-6-22(7-10-32)31-19-21-3-5-26-27(17-21)38-15-14-37-26/h2-5,16-18,22,31,34H,6-15,19H2,1H3,(H,30,36). The molecule has 0 radical (unpaired) electrons. The van der Waals surface area contributed by atoms with Gasteiger partial charge < -0.3 is 34.7 Å². The molecule has 3 aromatic rings. The number of hydrogen-bond donors (Lipinski definition) is 3. The number of pyridine rings is 1. The number of ether oxygens (including phenoxy) is 2. The van der Waals surface area contributed by atoms with E-state index in [9.17, 15) is 9.59 Å². The van der Waals surface area contributed by atoms with E-state index >= 15 is 0 Å². The van der Waals surface area contributed by atoms with E-state index in [1.165, 1.54) is 11.6 Å². The first-order valence-corrected chi connectivity index (χ1v) is 13.4. The molecule has 0 atom stereocenters. The summed E-state index contributed by atoms with van der Waals surface area (Å²) in [6.07, 6.45) is 2.09. The summed E-state index contributed by atoms with van der Waals surface area (Å²) in [6, 6.07) is 13.8. The van der Waals surface area contributed by atoms with Crippen molar-refractivity contribution in [3.8, 4) is 11.5 Å². The second kappa shape index (κ2) is 12.0. The van der Waals surface area contributed by atoms with E-state index in [1.54, 1.807) is 4.57 Å². The molecule has 1 amide bonds. The van der Waals surface area contributed by atoms with Crippen LogP contribution in [0.1, 0.15) is 34.3 Å². The van der Waals surface area contributed by atoms with Gasteiger partial charge in [-0.1, -0.05) is 18.2 Å². The zero-order chi connectivity index (χ0) is 26.5. The van der Waals surface area contributed by atoms with E-state index in [0.29, 0.717) is 31.4 Å². The van der Waals surface area contributed by atoms with Crippen molar-refractivity contribution >= 4 is 16.8 Å². The Kier molecular flexibility index (Phi) is 8.26. The number of carbonyl (C=O) groups is 1. The number of amides is 1. The zero-order valence-corrected chi connectivity index (χ0v) is 21.9. The van der Waals surface area contributed by atoms with Gasteiger partial charge in [-0.3, -0.25) is 9.59 Å². The third kappa shape index (κ3) is 6.01. The molecular weight excluding hydrogens is 484 g/mol. The van der Waals surface area contributed by atoms with E-state index in [0.717, 1.165) is 67.0 Å². The normalized spacial score (nSPS) is 16.1. The van der Waals surface area contributed by atoms with E-state index in [-0.39, 0.29) is 24.6 Å². The van der Waals surface area contributed by atoms with Crippen LogP contribution in [0, 0.1) is 6.92 Å². The molecule has 9 nitrogen and oxygen atoms in total. The predicted octanol–water partition coefficient (Wildman–Crippen LogP) is 2.06. The average Bonchev–Trinajstić information content (AvgIpc) is 2.94. The maximum absolute atomic E-state index is 13.1. The molecule has 0 saturated carbocycles. The lowest BCUT2D eigenvalue weighted by Crippen LogP contribution is -2.43. The van der Waals surface area contributed by atoms with Crippen molar-refractivity contribution in [2.45, 2.75) is 38.9 Å². The molecule has 2 aliphatic rings. The van der Waals surface area contributed by atoms with Gasteiger partial charge >= 0.3 is 0 Å².